The lowest BCUT2D eigenvalue weighted by Gasteiger charge is -2.29. The molecular formula is C18H14Cl2N2O3. The first-order chi connectivity index (χ1) is 11.9. The summed E-state index contributed by atoms with van der Waals surface area (Å²) in [6.45, 7) is 2.12. The van der Waals surface area contributed by atoms with Crippen molar-refractivity contribution in [3.05, 3.63) is 63.7 Å². The highest BCUT2D eigenvalue weighted by Gasteiger charge is 2.29. The number of hydrazone groups is 1. The minimum Gasteiger partial charge on any atom is -0.476 e. The summed E-state index contributed by atoms with van der Waals surface area (Å²) in [7, 11) is 0. The van der Waals surface area contributed by atoms with Gasteiger partial charge in [-0.2, -0.15) is 5.10 Å². The van der Waals surface area contributed by atoms with Crippen molar-refractivity contribution in [1.29, 1.82) is 0 Å². The maximum atomic E-state index is 12.2. The Labute approximate surface area is 154 Å². The van der Waals surface area contributed by atoms with Crippen molar-refractivity contribution in [3.63, 3.8) is 0 Å². The van der Waals surface area contributed by atoms with E-state index in [4.69, 9.17) is 23.2 Å². The van der Waals surface area contributed by atoms with Crippen molar-refractivity contribution in [1.82, 2.24) is 5.01 Å². The van der Waals surface area contributed by atoms with Gasteiger partial charge in [0.25, 0.3) is 0 Å². The van der Waals surface area contributed by atoms with Gasteiger partial charge in [0, 0.05) is 21.2 Å². The molecule has 0 aromatic heterocycles. The molecule has 0 amide bonds. The van der Waals surface area contributed by atoms with Crippen molar-refractivity contribution in [3.8, 4) is 0 Å². The number of nitrogens with zero attached hydrogens (tertiary/aromatic N) is 2. The number of carboxylic acids is 1. The second-order valence-corrected chi connectivity index (χ2v) is 6.56. The number of carboxylic acid groups (broad SMARTS) is 1. The van der Waals surface area contributed by atoms with Crippen LogP contribution in [0.5, 0.6) is 0 Å². The molecule has 1 N–H and O–H groups in total. The molecule has 0 spiro atoms. The third kappa shape index (κ3) is 3.52. The molecule has 1 aliphatic carbocycles. The standard InChI is InChI=1S/C18H14Cl2N2O3/c1-10-2-5-15(16(23)8-10)22-7-6-13(17(21-22)18(24)25)12-4-3-11(19)9-14(12)20/h2-6,8-9,15H,7H2,1H3,(H,24,25). The van der Waals surface area contributed by atoms with Crippen LogP contribution in [0.1, 0.15) is 12.5 Å². The highest BCUT2D eigenvalue weighted by molar-refractivity contribution is 6.55. The van der Waals surface area contributed by atoms with Gasteiger partial charge in [-0.25, -0.2) is 4.79 Å². The van der Waals surface area contributed by atoms with Gasteiger partial charge in [-0.15, -0.1) is 0 Å². The number of allylic oxidation sites excluding steroid dienone is 2. The van der Waals surface area contributed by atoms with Crippen LogP contribution in [0.15, 0.2) is 53.2 Å². The van der Waals surface area contributed by atoms with Gasteiger partial charge in [0.1, 0.15) is 6.04 Å². The number of benzene rings is 1. The van der Waals surface area contributed by atoms with E-state index in [1.807, 2.05) is 13.0 Å². The molecule has 25 heavy (non-hydrogen) atoms. The molecule has 5 nitrogen and oxygen atoms in total. The fourth-order valence-corrected chi connectivity index (χ4v) is 3.24. The quantitative estimate of drug-likeness (QED) is 0.874. The fourth-order valence-electron chi connectivity index (χ4n) is 2.73. The largest absolute Gasteiger partial charge is 0.476 e. The summed E-state index contributed by atoms with van der Waals surface area (Å²) < 4.78 is 0. The van der Waals surface area contributed by atoms with E-state index in [0.29, 0.717) is 27.7 Å². The first-order valence-corrected chi connectivity index (χ1v) is 8.27. The monoisotopic (exact) mass is 376 g/mol. The molecule has 0 fully saturated rings. The number of ketones is 1. The van der Waals surface area contributed by atoms with Gasteiger partial charge in [0.2, 0.25) is 0 Å². The molecular weight excluding hydrogens is 363 g/mol. The van der Waals surface area contributed by atoms with Crippen LogP contribution in [0.4, 0.5) is 0 Å². The topological polar surface area (TPSA) is 70.0 Å². The van der Waals surface area contributed by atoms with Gasteiger partial charge in [0.05, 0.1) is 6.54 Å². The summed E-state index contributed by atoms with van der Waals surface area (Å²) in [6.07, 6.45) is 6.76. The predicted octanol–water partition coefficient (Wildman–Crippen LogP) is 3.59. The summed E-state index contributed by atoms with van der Waals surface area (Å²) in [5.74, 6) is -1.32. The second-order valence-electron chi connectivity index (χ2n) is 5.71. The van der Waals surface area contributed by atoms with Gasteiger partial charge in [-0.1, -0.05) is 47.5 Å². The SMILES string of the molecule is CC1=CC(=O)C(N2CC=C(c3ccc(Cl)cc3Cl)C(C(=O)O)=N2)C=C1. The van der Waals surface area contributed by atoms with Crippen molar-refractivity contribution < 1.29 is 14.7 Å². The second kappa shape index (κ2) is 6.86. The molecule has 7 heteroatoms. The zero-order valence-electron chi connectivity index (χ0n) is 13.2. The Kier molecular flexibility index (Phi) is 4.79. The molecule has 0 bridgehead atoms. The van der Waals surface area contributed by atoms with E-state index in [0.717, 1.165) is 5.57 Å². The number of rotatable bonds is 3. The fraction of sp³-hybridized carbons (Fsp3) is 0.167. The summed E-state index contributed by atoms with van der Waals surface area (Å²) >= 11 is 12.1. The molecule has 2 aliphatic rings. The van der Waals surface area contributed by atoms with Crippen LogP contribution in [0.25, 0.3) is 5.57 Å². The van der Waals surface area contributed by atoms with E-state index in [1.165, 1.54) is 11.1 Å². The van der Waals surface area contributed by atoms with Crippen molar-refractivity contribution in [2.24, 2.45) is 5.10 Å². The van der Waals surface area contributed by atoms with E-state index < -0.39 is 12.0 Å². The van der Waals surface area contributed by atoms with E-state index in [-0.39, 0.29) is 11.5 Å². The molecule has 0 saturated heterocycles. The zero-order valence-corrected chi connectivity index (χ0v) is 14.8. The van der Waals surface area contributed by atoms with Gasteiger partial charge in [-0.05, 0) is 30.7 Å². The Hall–Kier alpha value is -2.37. The Balaban J connectivity index is 1.96. The highest BCUT2D eigenvalue weighted by atomic mass is 35.5. The van der Waals surface area contributed by atoms with Gasteiger partial charge in [-0.3, -0.25) is 9.80 Å². The average Bonchev–Trinajstić information content (AvgIpc) is 2.54. The van der Waals surface area contributed by atoms with Gasteiger partial charge >= 0.3 is 5.97 Å². The molecule has 3 rings (SSSR count). The molecule has 1 aliphatic heterocycles. The molecule has 0 radical (unpaired) electrons. The Bertz CT molecular complexity index is 884. The number of hydrogen-bond donors (Lipinski definition) is 1. The minimum atomic E-state index is -1.19. The van der Waals surface area contributed by atoms with Crippen LogP contribution in [-0.2, 0) is 9.59 Å². The molecule has 1 unspecified atom stereocenters. The number of halogens is 2. The molecule has 1 aromatic carbocycles. The number of aliphatic carboxylic acids is 1. The Morgan fingerprint density at radius 3 is 2.76 bits per heavy atom. The smallest absolute Gasteiger partial charge is 0.356 e. The van der Waals surface area contributed by atoms with Gasteiger partial charge in [0.15, 0.2) is 11.5 Å². The van der Waals surface area contributed by atoms with Crippen LogP contribution in [0, 0.1) is 0 Å². The molecule has 1 atom stereocenters. The van der Waals surface area contributed by atoms with Crippen molar-refractivity contribution in [2.75, 3.05) is 6.54 Å². The Morgan fingerprint density at radius 1 is 1.36 bits per heavy atom. The zero-order chi connectivity index (χ0) is 18.1. The summed E-state index contributed by atoms with van der Waals surface area (Å²) in [5, 5.41) is 16.0. The summed E-state index contributed by atoms with van der Waals surface area (Å²) in [5.41, 5.74) is 1.63. The maximum absolute atomic E-state index is 12.2. The lowest BCUT2D eigenvalue weighted by molar-refractivity contribution is -0.129. The van der Waals surface area contributed by atoms with Crippen LogP contribution in [0.2, 0.25) is 10.0 Å². The molecule has 1 heterocycles. The van der Waals surface area contributed by atoms with E-state index in [2.05, 4.69) is 5.10 Å². The first-order valence-electron chi connectivity index (χ1n) is 7.51. The Morgan fingerprint density at radius 2 is 2.12 bits per heavy atom. The normalized spacial score (nSPS) is 20.1. The maximum Gasteiger partial charge on any atom is 0.356 e. The third-order valence-electron chi connectivity index (χ3n) is 3.91. The molecule has 128 valence electrons. The summed E-state index contributed by atoms with van der Waals surface area (Å²) in [4.78, 5) is 23.9. The highest BCUT2D eigenvalue weighted by Crippen LogP contribution is 2.30. The van der Waals surface area contributed by atoms with Gasteiger partial charge < -0.3 is 5.11 Å². The number of carbonyl (C=O) groups is 2. The first kappa shape index (κ1) is 17.5. The molecule has 0 saturated carbocycles. The third-order valence-corrected chi connectivity index (χ3v) is 4.46. The van der Waals surface area contributed by atoms with E-state index >= 15 is 0 Å². The lowest BCUT2D eigenvalue weighted by Crippen LogP contribution is -2.40. The number of carbonyl (C=O) groups excluding carboxylic acids is 1. The minimum absolute atomic E-state index is 0.130. The van der Waals surface area contributed by atoms with Crippen LogP contribution < -0.4 is 0 Å². The number of hydrogen-bond acceptors (Lipinski definition) is 4. The predicted molar refractivity (Wildman–Crippen MR) is 97.9 cm³/mol. The van der Waals surface area contributed by atoms with Crippen LogP contribution >= 0.6 is 23.2 Å². The van der Waals surface area contributed by atoms with Crippen molar-refractivity contribution in [2.45, 2.75) is 13.0 Å². The van der Waals surface area contributed by atoms with E-state index in [1.54, 1.807) is 30.4 Å². The summed E-state index contributed by atoms with van der Waals surface area (Å²) in [6, 6.07) is 4.22. The van der Waals surface area contributed by atoms with E-state index in [9.17, 15) is 14.7 Å². The van der Waals surface area contributed by atoms with Crippen LogP contribution in [-0.4, -0.2) is 40.2 Å². The lowest BCUT2D eigenvalue weighted by atomic mass is 9.98. The van der Waals surface area contributed by atoms with Crippen molar-refractivity contribution >= 4 is 46.2 Å². The average molecular weight is 377 g/mol. The van der Waals surface area contributed by atoms with Crippen LogP contribution in [0.3, 0.4) is 0 Å². The molecule has 1 aromatic rings.